The van der Waals surface area contributed by atoms with Gasteiger partial charge in [-0.3, -0.25) is 0 Å². The van der Waals surface area contributed by atoms with E-state index in [2.05, 4.69) is 4.37 Å². The van der Waals surface area contributed by atoms with Gasteiger partial charge in [-0.2, -0.15) is 4.37 Å². The molecule has 114 valence electrons. The zero-order valence-corrected chi connectivity index (χ0v) is 13.5. The van der Waals surface area contributed by atoms with Crippen LogP contribution >= 0.6 is 11.5 Å². The Balaban J connectivity index is 2.36. The van der Waals surface area contributed by atoms with E-state index >= 15 is 0 Å². The summed E-state index contributed by atoms with van der Waals surface area (Å²) in [4.78, 5) is 2.01. The van der Waals surface area contributed by atoms with Crippen LogP contribution in [0, 0.1) is 0 Å². The molecule has 20 heavy (non-hydrogen) atoms. The maximum absolute atomic E-state index is 12.3. The van der Waals surface area contributed by atoms with Gasteiger partial charge in [0.15, 0.2) is 10.7 Å². The molecule has 0 amide bonds. The van der Waals surface area contributed by atoms with Gasteiger partial charge in [0.1, 0.15) is 5.00 Å². The molecule has 1 aliphatic rings. The number of rotatable bonds is 3. The summed E-state index contributed by atoms with van der Waals surface area (Å²) in [5.74, 6) is 0.0380. The number of anilines is 2. The fourth-order valence-electron chi connectivity index (χ4n) is 2.10. The van der Waals surface area contributed by atoms with Crippen molar-refractivity contribution in [3.8, 4) is 0 Å². The molecule has 0 atom stereocenters. The zero-order chi connectivity index (χ0) is 15.1. The molecule has 1 aliphatic heterocycles. The molecule has 9 heteroatoms. The van der Waals surface area contributed by atoms with Crippen molar-refractivity contribution >= 4 is 32.4 Å². The van der Waals surface area contributed by atoms with Gasteiger partial charge in [0.05, 0.1) is 5.60 Å². The van der Waals surface area contributed by atoms with Gasteiger partial charge in [0.2, 0.25) is 10.0 Å². The Morgan fingerprint density at radius 2 is 1.95 bits per heavy atom. The number of piperidine rings is 1. The minimum absolute atomic E-state index is 0.0380. The Bertz CT molecular complexity index is 585. The average molecular weight is 320 g/mol. The van der Waals surface area contributed by atoms with Crippen LogP contribution in [-0.4, -0.2) is 55.0 Å². The highest BCUT2D eigenvalue weighted by Gasteiger charge is 2.34. The Hall–Kier alpha value is -0.900. The normalized spacial score (nSPS) is 19.6. The first kappa shape index (κ1) is 15.5. The summed E-state index contributed by atoms with van der Waals surface area (Å²) in [6, 6.07) is 0. The molecule has 2 rings (SSSR count). The van der Waals surface area contributed by atoms with Crippen LogP contribution < -0.4 is 10.6 Å². The van der Waals surface area contributed by atoms with Gasteiger partial charge < -0.3 is 15.7 Å². The first-order valence-electron chi connectivity index (χ1n) is 6.30. The third-order valence-electron chi connectivity index (χ3n) is 3.52. The van der Waals surface area contributed by atoms with Crippen molar-refractivity contribution < 1.29 is 13.5 Å². The number of nitrogens with two attached hydrogens (primary N) is 1. The van der Waals surface area contributed by atoms with Gasteiger partial charge in [-0.05, 0) is 31.3 Å². The van der Waals surface area contributed by atoms with E-state index in [1.165, 1.54) is 14.1 Å². The van der Waals surface area contributed by atoms with Gasteiger partial charge in [-0.25, -0.2) is 12.7 Å². The number of hydrogen-bond acceptors (Lipinski definition) is 7. The van der Waals surface area contributed by atoms with E-state index in [1.54, 1.807) is 6.92 Å². The van der Waals surface area contributed by atoms with E-state index in [1.807, 2.05) is 4.90 Å². The molecule has 1 aromatic heterocycles. The standard InChI is InChI=1S/C11H20N4O3S2/c1-11(16)4-6-15(7-5-11)10-8(9(12)13-19-10)20(17,18)14(2)3/h16H,4-7H2,1-3H3,(H2,12,13). The van der Waals surface area contributed by atoms with Crippen LogP contribution in [0.3, 0.4) is 0 Å². The van der Waals surface area contributed by atoms with Crippen LogP contribution in [0.15, 0.2) is 4.90 Å². The second-order valence-corrected chi connectivity index (χ2v) is 8.31. The van der Waals surface area contributed by atoms with Gasteiger partial charge in [0, 0.05) is 27.2 Å². The molecule has 1 fully saturated rings. The summed E-state index contributed by atoms with van der Waals surface area (Å²) in [5, 5.41) is 10.5. The molecule has 1 saturated heterocycles. The number of sulfonamides is 1. The highest BCUT2D eigenvalue weighted by atomic mass is 32.2. The van der Waals surface area contributed by atoms with Crippen molar-refractivity contribution in [3.05, 3.63) is 0 Å². The van der Waals surface area contributed by atoms with E-state index in [4.69, 9.17) is 5.73 Å². The maximum Gasteiger partial charge on any atom is 0.249 e. The third-order valence-corrected chi connectivity index (χ3v) is 6.46. The number of aliphatic hydroxyl groups is 1. The van der Waals surface area contributed by atoms with Crippen LogP contribution in [-0.2, 0) is 10.0 Å². The van der Waals surface area contributed by atoms with E-state index in [-0.39, 0.29) is 10.7 Å². The molecular formula is C11H20N4O3S2. The summed E-state index contributed by atoms with van der Waals surface area (Å²) in [6.45, 7) is 2.97. The molecule has 0 aliphatic carbocycles. The van der Waals surface area contributed by atoms with Gasteiger partial charge >= 0.3 is 0 Å². The van der Waals surface area contributed by atoms with E-state index < -0.39 is 15.6 Å². The fourth-order valence-corrected chi connectivity index (χ4v) is 4.37. The van der Waals surface area contributed by atoms with Gasteiger partial charge in [0.25, 0.3) is 0 Å². The summed E-state index contributed by atoms with van der Waals surface area (Å²) in [7, 11) is -0.682. The smallest absolute Gasteiger partial charge is 0.249 e. The van der Waals surface area contributed by atoms with Crippen LogP contribution in [0.2, 0.25) is 0 Å². The molecule has 3 N–H and O–H groups in total. The van der Waals surface area contributed by atoms with Crippen molar-refractivity contribution in [3.63, 3.8) is 0 Å². The minimum Gasteiger partial charge on any atom is -0.390 e. The first-order chi connectivity index (χ1) is 9.15. The second-order valence-electron chi connectivity index (χ2n) is 5.47. The minimum atomic E-state index is -3.62. The van der Waals surface area contributed by atoms with Crippen LogP contribution in [0.1, 0.15) is 19.8 Å². The SMILES string of the molecule is CN(C)S(=O)(=O)c1c(N)nsc1N1CCC(C)(O)CC1. The highest BCUT2D eigenvalue weighted by Crippen LogP contribution is 2.38. The Morgan fingerprint density at radius 1 is 1.40 bits per heavy atom. The van der Waals surface area contributed by atoms with Crippen LogP contribution in [0.25, 0.3) is 0 Å². The van der Waals surface area contributed by atoms with Crippen molar-refractivity contribution in [2.24, 2.45) is 0 Å². The summed E-state index contributed by atoms with van der Waals surface area (Å²) in [6.07, 6.45) is 1.18. The predicted octanol–water partition coefficient (Wildman–Crippen LogP) is 0.327. The lowest BCUT2D eigenvalue weighted by Gasteiger charge is -2.36. The quantitative estimate of drug-likeness (QED) is 0.832. The fraction of sp³-hybridized carbons (Fsp3) is 0.727. The molecule has 0 unspecified atom stereocenters. The lowest BCUT2D eigenvalue weighted by Crippen LogP contribution is -2.42. The molecule has 0 radical (unpaired) electrons. The number of nitrogens with zero attached hydrogens (tertiary/aromatic N) is 3. The molecular weight excluding hydrogens is 300 g/mol. The first-order valence-corrected chi connectivity index (χ1v) is 8.51. The molecule has 0 spiro atoms. The number of hydrogen-bond donors (Lipinski definition) is 2. The topological polar surface area (TPSA) is 99.8 Å². The number of nitrogen functional groups attached to an aromatic ring is 1. The number of aromatic nitrogens is 1. The molecule has 0 saturated carbocycles. The van der Waals surface area contributed by atoms with Crippen molar-refractivity contribution in [1.29, 1.82) is 0 Å². The van der Waals surface area contributed by atoms with E-state index in [0.717, 1.165) is 15.8 Å². The Labute approximate surface area is 123 Å². The van der Waals surface area contributed by atoms with Crippen molar-refractivity contribution in [2.45, 2.75) is 30.3 Å². The monoisotopic (exact) mass is 320 g/mol. The summed E-state index contributed by atoms with van der Waals surface area (Å²) < 4.78 is 29.8. The zero-order valence-electron chi connectivity index (χ0n) is 11.8. The van der Waals surface area contributed by atoms with Crippen molar-refractivity contribution in [2.75, 3.05) is 37.8 Å². The Kier molecular flexibility index (Phi) is 3.98. The van der Waals surface area contributed by atoms with Crippen molar-refractivity contribution in [1.82, 2.24) is 8.68 Å². The molecule has 1 aromatic rings. The van der Waals surface area contributed by atoms with Crippen LogP contribution in [0.5, 0.6) is 0 Å². The van der Waals surface area contributed by atoms with Gasteiger partial charge in [-0.1, -0.05) is 0 Å². The second kappa shape index (κ2) is 5.14. The average Bonchev–Trinajstić information content (AvgIpc) is 2.71. The molecule has 2 heterocycles. The van der Waals surface area contributed by atoms with E-state index in [9.17, 15) is 13.5 Å². The van der Waals surface area contributed by atoms with Gasteiger partial charge in [-0.15, -0.1) is 0 Å². The molecule has 0 bridgehead atoms. The lowest BCUT2D eigenvalue weighted by atomic mass is 9.94. The largest absolute Gasteiger partial charge is 0.390 e. The van der Waals surface area contributed by atoms with Crippen LogP contribution in [0.4, 0.5) is 10.8 Å². The maximum atomic E-state index is 12.3. The Morgan fingerprint density at radius 3 is 2.45 bits per heavy atom. The summed E-state index contributed by atoms with van der Waals surface area (Å²) >= 11 is 1.09. The molecule has 7 nitrogen and oxygen atoms in total. The van der Waals surface area contributed by atoms with E-state index in [0.29, 0.717) is 30.9 Å². The third kappa shape index (κ3) is 2.76. The molecule has 0 aromatic carbocycles. The highest BCUT2D eigenvalue weighted by molar-refractivity contribution is 7.89. The predicted molar refractivity (Wildman–Crippen MR) is 79.5 cm³/mol. The lowest BCUT2D eigenvalue weighted by molar-refractivity contribution is 0.0352. The summed E-state index contributed by atoms with van der Waals surface area (Å²) in [5.41, 5.74) is 5.06.